The highest BCUT2D eigenvalue weighted by molar-refractivity contribution is 7.92. The summed E-state index contributed by atoms with van der Waals surface area (Å²) in [6.07, 6.45) is 1.21. The van der Waals surface area contributed by atoms with Gasteiger partial charge < -0.3 is 19.2 Å². The number of carbonyl (C=O) groups excluding carboxylic acids is 1. The average molecular weight is 338 g/mol. The van der Waals surface area contributed by atoms with Crippen LogP contribution in [-0.2, 0) is 14.8 Å². The number of carbonyl (C=O) groups is 1. The van der Waals surface area contributed by atoms with E-state index in [9.17, 15) is 13.2 Å². The van der Waals surface area contributed by atoms with Gasteiger partial charge in [0.1, 0.15) is 23.8 Å². The number of anilines is 1. The number of sulfonamides is 1. The minimum absolute atomic E-state index is 0.0510. The molecule has 0 saturated carbocycles. The van der Waals surface area contributed by atoms with E-state index < -0.39 is 16.0 Å². The van der Waals surface area contributed by atoms with Crippen LogP contribution in [0.5, 0.6) is 11.5 Å². The maximum absolute atomic E-state index is 12.3. The second-order valence-electron chi connectivity index (χ2n) is 4.70. The molecule has 2 aromatic rings. The van der Waals surface area contributed by atoms with Gasteiger partial charge in [0.25, 0.3) is 10.0 Å². The van der Waals surface area contributed by atoms with Gasteiger partial charge in [0.15, 0.2) is 11.5 Å². The van der Waals surface area contributed by atoms with E-state index in [4.69, 9.17) is 9.47 Å². The Kier molecular flexibility index (Phi) is 3.87. The van der Waals surface area contributed by atoms with E-state index in [2.05, 4.69) is 14.4 Å². The smallest absolute Gasteiger partial charge is 0.354 e. The third-order valence-corrected chi connectivity index (χ3v) is 4.53. The second kappa shape index (κ2) is 5.84. The first kappa shape index (κ1) is 15.2. The lowest BCUT2D eigenvalue weighted by Gasteiger charge is -2.19. The molecular formula is C14H14N2O6S. The number of aromatic amines is 1. The van der Waals surface area contributed by atoms with Crippen molar-refractivity contribution in [2.24, 2.45) is 0 Å². The first-order valence-electron chi connectivity index (χ1n) is 6.69. The third kappa shape index (κ3) is 3.09. The van der Waals surface area contributed by atoms with Crippen molar-refractivity contribution in [3.8, 4) is 11.5 Å². The van der Waals surface area contributed by atoms with Gasteiger partial charge in [-0.2, -0.15) is 0 Å². The molecule has 9 heteroatoms. The number of hydrogen-bond donors (Lipinski definition) is 2. The van der Waals surface area contributed by atoms with Crippen LogP contribution in [0.1, 0.15) is 10.5 Å². The number of aromatic nitrogens is 1. The molecule has 0 aliphatic carbocycles. The molecule has 0 radical (unpaired) electrons. The Morgan fingerprint density at radius 2 is 1.96 bits per heavy atom. The highest BCUT2D eigenvalue weighted by Crippen LogP contribution is 2.33. The number of hydrogen-bond acceptors (Lipinski definition) is 6. The molecule has 1 aliphatic heterocycles. The van der Waals surface area contributed by atoms with E-state index in [0.717, 1.165) is 0 Å². The zero-order valence-corrected chi connectivity index (χ0v) is 13.0. The molecule has 2 N–H and O–H groups in total. The quantitative estimate of drug-likeness (QED) is 0.816. The molecule has 0 unspecified atom stereocenters. The second-order valence-corrected chi connectivity index (χ2v) is 6.39. The van der Waals surface area contributed by atoms with Crippen LogP contribution in [0.4, 0.5) is 5.69 Å². The summed E-state index contributed by atoms with van der Waals surface area (Å²) in [6, 6.07) is 5.94. The van der Waals surface area contributed by atoms with Crippen LogP contribution in [-0.4, -0.2) is 39.7 Å². The molecule has 23 heavy (non-hydrogen) atoms. The summed E-state index contributed by atoms with van der Waals surface area (Å²) in [4.78, 5) is 13.9. The van der Waals surface area contributed by atoms with Crippen molar-refractivity contribution in [3.63, 3.8) is 0 Å². The monoisotopic (exact) mass is 338 g/mol. The van der Waals surface area contributed by atoms with Gasteiger partial charge in [-0.3, -0.25) is 4.72 Å². The average Bonchev–Trinajstić information content (AvgIpc) is 3.04. The predicted molar refractivity (Wildman–Crippen MR) is 80.4 cm³/mol. The molecule has 1 aromatic heterocycles. The fourth-order valence-electron chi connectivity index (χ4n) is 2.08. The summed E-state index contributed by atoms with van der Waals surface area (Å²) in [7, 11) is -2.63. The molecule has 122 valence electrons. The number of nitrogens with one attached hydrogen (secondary N) is 2. The molecule has 3 rings (SSSR count). The van der Waals surface area contributed by atoms with Crippen molar-refractivity contribution in [2.75, 3.05) is 25.0 Å². The van der Waals surface area contributed by atoms with Crippen LogP contribution in [0.25, 0.3) is 0 Å². The summed E-state index contributed by atoms with van der Waals surface area (Å²) in [5, 5.41) is 0. The molecule has 1 aliphatic rings. The molecule has 2 heterocycles. The number of rotatable bonds is 4. The minimum atomic E-state index is -3.85. The fraction of sp³-hybridized carbons (Fsp3) is 0.214. The first-order valence-corrected chi connectivity index (χ1v) is 8.17. The van der Waals surface area contributed by atoms with E-state index in [1.165, 1.54) is 19.4 Å². The Labute approximate surface area is 132 Å². The Balaban J connectivity index is 1.83. The number of H-pyrrole nitrogens is 1. The molecule has 0 amide bonds. The normalized spacial score (nSPS) is 13.4. The number of fused-ring (bicyclic) bond motifs is 1. The highest BCUT2D eigenvalue weighted by Gasteiger charge is 2.20. The topological polar surface area (TPSA) is 107 Å². The lowest BCUT2D eigenvalue weighted by Crippen LogP contribution is -2.16. The molecule has 0 saturated heterocycles. The zero-order chi connectivity index (χ0) is 16.4. The van der Waals surface area contributed by atoms with E-state index in [0.29, 0.717) is 30.4 Å². The van der Waals surface area contributed by atoms with Crippen LogP contribution >= 0.6 is 0 Å². The van der Waals surface area contributed by atoms with Crippen LogP contribution in [0.3, 0.4) is 0 Å². The summed E-state index contributed by atoms with van der Waals surface area (Å²) in [5.74, 6) is 0.389. The van der Waals surface area contributed by atoms with Crippen molar-refractivity contribution < 1.29 is 27.4 Å². The first-order chi connectivity index (χ1) is 11.0. The summed E-state index contributed by atoms with van der Waals surface area (Å²) < 4.78 is 42.4. The predicted octanol–water partition coefficient (Wildman–Crippen LogP) is 1.37. The maximum Gasteiger partial charge on any atom is 0.354 e. The van der Waals surface area contributed by atoms with Crippen LogP contribution in [0.2, 0.25) is 0 Å². The summed E-state index contributed by atoms with van der Waals surface area (Å²) in [5.41, 5.74) is 0.380. The van der Waals surface area contributed by atoms with Gasteiger partial charge in [-0.25, -0.2) is 13.2 Å². The highest BCUT2D eigenvalue weighted by atomic mass is 32.2. The Bertz CT molecular complexity index is 843. The molecule has 0 bridgehead atoms. The van der Waals surface area contributed by atoms with E-state index in [-0.39, 0.29) is 10.6 Å². The van der Waals surface area contributed by atoms with Crippen LogP contribution in [0.15, 0.2) is 35.4 Å². The van der Waals surface area contributed by atoms with Gasteiger partial charge in [0.2, 0.25) is 0 Å². The van der Waals surface area contributed by atoms with Gasteiger partial charge in [-0.15, -0.1) is 0 Å². The Hall–Kier alpha value is -2.68. The number of ether oxygens (including phenoxy) is 3. The third-order valence-electron chi connectivity index (χ3n) is 3.17. The van der Waals surface area contributed by atoms with E-state index in [1.54, 1.807) is 18.2 Å². The summed E-state index contributed by atoms with van der Waals surface area (Å²) in [6.45, 7) is 0.862. The SMILES string of the molecule is COC(=O)c1cc(S(=O)(=O)Nc2ccc3c(c2)OCCO3)c[nH]1. The van der Waals surface area contributed by atoms with Gasteiger partial charge in [-0.05, 0) is 18.2 Å². The van der Waals surface area contributed by atoms with Gasteiger partial charge in [0, 0.05) is 12.3 Å². The van der Waals surface area contributed by atoms with Crippen molar-refractivity contribution >= 4 is 21.7 Å². The number of esters is 1. The zero-order valence-electron chi connectivity index (χ0n) is 12.2. The van der Waals surface area contributed by atoms with Crippen molar-refractivity contribution in [1.82, 2.24) is 4.98 Å². The summed E-state index contributed by atoms with van der Waals surface area (Å²) >= 11 is 0. The Morgan fingerprint density at radius 3 is 2.70 bits per heavy atom. The standard InChI is InChI=1S/C14H14N2O6S/c1-20-14(17)11-7-10(8-15-11)23(18,19)16-9-2-3-12-13(6-9)22-5-4-21-12/h2-3,6-8,15-16H,4-5H2,1H3. The van der Waals surface area contributed by atoms with Crippen molar-refractivity contribution in [2.45, 2.75) is 4.90 Å². The molecule has 0 atom stereocenters. The largest absolute Gasteiger partial charge is 0.486 e. The van der Waals surface area contributed by atoms with Crippen LogP contribution in [0, 0.1) is 0 Å². The van der Waals surface area contributed by atoms with Crippen LogP contribution < -0.4 is 14.2 Å². The lowest BCUT2D eigenvalue weighted by atomic mass is 10.3. The lowest BCUT2D eigenvalue weighted by molar-refractivity contribution is 0.0594. The minimum Gasteiger partial charge on any atom is -0.486 e. The van der Waals surface area contributed by atoms with Crippen molar-refractivity contribution in [3.05, 3.63) is 36.2 Å². The molecule has 0 fully saturated rings. The fourth-order valence-corrected chi connectivity index (χ4v) is 3.12. The maximum atomic E-state index is 12.3. The molecular weight excluding hydrogens is 324 g/mol. The van der Waals surface area contributed by atoms with E-state index in [1.807, 2.05) is 0 Å². The van der Waals surface area contributed by atoms with E-state index >= 15 is 0 Å². The number of benzene rings is 1. The van der Waals surface area contributed by atoms with Gasteiger partial charge >= 0.3 is 5.97 Å². The molecule has 1 aromatic carbocycles. The molecule has 0 spiro atoms. The van der Waals surface area contributed by atoms with Gasteiger partial charge in [-0.1, -0.05) is 0 Å². The number of methoxy groups -OCH3 is 1. The molecule has 8 nitrogen and oxygen atoms in total. The van der Waals surface area contributed by atoms with Crippen molar-refractivity contribution in [1.29, 1.82) is 0 Å². The Morgan fingerprint density at radius 1 is 1.22 bits per heavy atom. The van der Waals surface area contributed by atoms with Gasteiger partial charge in [0.05, 0.1) is 12.8 Å².